The molecule has 0 saturated heterocycles. The van der Waals surface area contributed by atoms with Crippen molar-refractivity contribution in [2.45, 2.75) is 52.4 Å². The van der Waals surface area contributed by atoms with E-state index in [2.05, 4.69) is 27.4 Å². The second-order valence-electron chi connectivity index (χ2n) is 4.37. The molecule has 0 aliphatic carbocycles. The van der Waals surface area contributed by atoms with E-state index < -0.39 is 5.97 Å². The molecule has 0 aliphatic heterocycles. The number of carboxylic acid groups (broad SMARTS) is 1. The Kier molecular flexibility index (Phi) is 6.78. The minimum atomic E-state index is -0.733. The fourth-order valence-corrected chi connectivity index (χ4v) is 1.79. The second-order valence-corrected chi connectivity index (χ2v) is 4.37. The predicted molar refractivity (Wildman–Crippen MR) is 73.2 cm³/mol. The van der Waals surface area contributed by atoms with Gasteiger partial charge in [-0.05, 0) is 25.7 Å². The molecule has 0 fully saturated rings. The van der Waals surface area contributed by atoms with Gasteiger partial charge in [-0.2, -0.15) is 5.10 Å². The first kappa shape index (κ1) is 15.3. The van der Waals surface area contributed by atoms with E-state index in [1.54, 1.807) is 0 Å². The van der Waals surface area contributed by atoms with Gasteiger partial charge in [0.05, 0.1) is 11.4 Å². The van der Waals surface area contributed by atoms with Crippen LogP contribution in [0.15, 0.2) is 0 Å². The molecule has 0 spiro atoms. The molecule has 0 atom stereocenters. The van der Waals surface area contributed by atoms with Crippen LogP contribution < -0.4 is 5.32 Å². The van der Waals surface area contributed by atoms with Crippen molar-refractivity contribution in [3.63, 3.8) is 0 Å². The van der Waals surface area contributed by atoms with Gasteiger partial charge in [-0.1, -0.05) is 20.3 Å². The molecule has 19 heavy (non-hydrogen) atoms. The molecule has 1 heterocycles. The summed E-state index contributed by atoms with van der Waals surface area (Å²) in [5.41, 5.74) is 1.94. The Labute approximate surface area is 113 Å². The zero-order chi connectivity index (χ0) is 14.1. The summed E-state index contributed by atoms with van der Waals surface area (Å²) in [6.45, 7) is 4.84. The Hall–Kier alpha value is -1.72. The number of aryl methyl sites for hydroxylation is 2. The van der Waals surface area contributed by atoms with Crippen molar-refractivity contribution in [3.8, 4) is 0 Å². The number of unbranched alkanes of at least 4 members (excludes halogenated alkanes) is 2. The molecule has 0 saturated carbocycles. The van der Waals surface area contributed by atoms with Crippen LogP contribution in [-0.4, -0.2) is 32.8 Å². The summed E-state index contributed by atoms with van der Waals surface area (Å²) >= 11 is 0. The summed E-state index contributed by atoms with van der Waals surface area (Å²) in [4.78, 5) is 14.8. The number of rotatable bonds is 9. The van der Waals surface area contributed by atoms with Gasteiger partial charge in [-0.25, -0.2) is 4.98 Å². The lowest BCUT2D eigenvalue weighted by Crippen LogP contribution is -2.10. The number of hydrogen-bond donors (Lipinski definition) is 2. The summed E-state index contributed by atoms with van der Waals surface area (Å²) in [5, 5.41) is 19.8. The Morgan fingerprint density at radius 2 is 1.84 bits per heavy atom. The zero-order valence-corrected chi connectivity index (χ0v) is 11.6. The van der Waals surface area contributed by atoms with Gasteiger partial charge >= 0.3 is 5.97 Å². The lowest BCUT2D eigenvalue weighted by Gasteiger charge is -2.07. The van der Waals surface area contributed by atoms with E-state index >= 15 is 0 Å². The van der Waals surface area contributed by atoms with E-state index in [0.717, 1.165) is 43.6 Å². The van der Waals surface area contributed by atoms with Gasteiger partial charge in [0.15, 0.2) is 0 Å². The SMILES string of the molecule is CCc1nnc(NCCCCCC(=O)O)nc1CC. The minimum Gasteiger partial charge on any atom is -0.481 e. The molecule has 1 aromatic heterocycles. The summed E-state index contributed by atoms with van der Waals surface area (Å²) in [6, 6.07) is 0. The maximum Gasteiger partial charge on any atom is 0.303 e. The number of hydrogen-bond acceptors (Lipinski definition) is 5. The molecule has 106 valence electrons. The van der Waals surface area contributed by atoms with Crippen LogP contribution in [0, 0.1) is 0 Å². The molecule has 1 rings (SSSR count). The van der Waals surface area contributed by atoms with Gasteiger partial charge in [0.25, 0.3) is 0 Å². The van der Waals surface area contributed by atoms with Crippen LogP contribution in [0.2, 0.25) is 0 Å². The fourth-order valence-electron chi connectivity index (χ4n) is 1.79. The molecule has 0 aliphatic rings. The number of carboxylic acids is 1. The van der Waals surface area contributed by atoms with Crippen LogP contribution in [0.1, 0.15) is 50.9 Å². The molecular formula is C13H22N4O2. The van der Waals surface area contributed by atoms with Crippen molar-refractivity contribution in [1.82, 2.24) is 15.2 Å². The topological polar surface area (TPSA) is 88.0 Å². The smallest absolute Gasteiger partial charge is 0.303 e. The summed E-state index contributed by atoms with van der Waals surface area (Å²) in [7, 11) is 0. The largest absolute Gasteiger partial charge is 0.481 e. The third-order valence-corrected chi connectivity index (χ3v) is 2.86. The molecule has 1 aromatic rings. The average Bonchev–Trinajstić information content (AvgIpc) is 2.42. The van der Waals surface area contributed by atoms with Crippen molar-refractivity contribution in [1.29, 1.82) is 0 Å². The van der Waals surface area contributed by atoms with E-state index in [4.69, 9.17) is 5.11 Å². The summed E-state index contributed by atoms with van der Waals surface area (Å²) in [6.07, 6.45) is 4.45. The van der Waals surface area contributed by atoms with Gasteiger partial charge in [-0.15, -0.1) is 5.10 Å². The maximum atomic E-state index is 10.3. The van der Waals surface area contributed by atoms with E-state index in [1.165, 1.54) is 0 Å². The van der Waals surface area contributed by atoms with E-state index in [0.29, 0.717) is 12.4 Å². The van der Waals surface area contributed by atoms with Crippen LogP contribution in [0.3, 0.4) is 0 Å². The van der Waals surface area contributed by atoms with Crippen LogP contribution >= 0.6 is 0 Å². The Bertz CT molecular complexity index is 410. The highest BCUT2D eigenvalue weighted by atomic mass is 16.4. The Balaban J connectivity index is 2.31. The van der Waals surface area contributed by atoms with Crippen LogP contribution in [0.5, 0.6) is 0 Å². The average molecular weight is 266 g/mol. The lowest BCUT2D eigenvalue weighted by molar-refractivity contribution is -0.137. The number of aliphatic carboxylic acids is 1. The molecule has 0 aromatic carbocycles. The third-order valence-electron chi connectivity index (χ3n) is 2.86. The highest BCUT2D eigenvalue weighted by Gasteiger charge is 2.05. The summed E-state index contributed by atoms with van der Waals surface area (Å²) in [5.74, 6) is -0.171. The molecule has 0 unspecified atom stereocenters. The second kappa shape index (κ2) is 8.39. The minimum absolute atomic E-state index is 0.239. The molecule has 6 heteroatoms. The lowest BCUT2D eigenvalue weighted by atomic mass is 10.2. The van der Waals surface area contributed by atoms with Gasteiger partial charge in [-0.3, -0.25) is 4.79 Å². The number of nitrogens with one attached hydrogen (secondary N) is 1. The molecular weight excluding hydrogens is 244 g/mol. The van der Waals surface area contributed by atoms with Crippen molar-refractivity contribution in [2.24, 2.45) is 0 Å². The van der Waals surface area contributed by atoms with E-state index in [-0.39, 0.29) is 6.42 Å². The van der Waals surface area contributed by atoms with Crippen molar-refractivity contribution < 1.29 is 9.90 Å². The molecule has 0 amide bonds. The van der Waals surface area contributed by atoms with Crippen LogP contribution in [0.4, 0.5) is 5.95 Å². The van der Waals surface area contributed by atoms with Gasteiger partial charge in [0, 0.05) is 13.0 Å². The maximum absolute atomic E-state index is 10.3. The molecule has 0 radical (unpaired) electrons. The fraction of sp³-hybridized carbons (Fsp3) is 0.692. The number of aromatic nitrogens is 3. The number of carbonyl (C=O) groups is 1. The normalized spacial score (nSPS) is 10.4. The molecule has 0 bridgehead atoms. The van der Waals surface area contributed by atoms with Crippen LogP contribution in [0.25, 0.3) is 0 Å². The molecule has 6 nitrogen and oxygen atoms in total. The van der Waals surface area contributed by atoms with Crippen molar-refractivity contribution >= 4 is 11.9 Å². The van der Waals surface area contributed by atoms with E-state index in [1.807, 2.05) is 6.92 Å². The highest BCUT2D eigenvalue weighted by Crippen LogP contribution is 2.07. The highest BCUT2D eigenvalue weighted by molar-refractivity contribution is 5.66. The first-order valence-electron chi connectivity index (χ1n) is 6.85. The van der Waals surface area contributed by atoms with Crippen LogP contribution in [-0.2, 0) is 17.6 Å². The first-order chi connectivity index (χ1) is 9.17. The zero-order valence-electron chi connectivity index (χ0n) is 11.6. The predicted octanol–water partition coefficient (Wildman–Crippen LogP) is 2.05. The summed E-state index contributed by atoms with van der Waals surface area (Å²) < 4.78 is 0. The van der Waals surface area contributed by atoms with Crippen molar-refractivity contribution in [3.05, 3.63) is 11.4 Å². The monoisotopic (exact) mass is 266 g/mol. The van der Waals surface area contributed by atoms with E-state index in [9.17, 15) is 4.79 Å². The van der Waals surface area contributed by atoms with Gasteiger partial charge < -0.3 is 10.4 Å². The number of anilines is 1. The third kappa shape index (κ3) is 5.63. The molecule has 2 N–H and O–H groups in total. The first-order valence-corrected chi connectivity index (χ1v) is 6.85. The Morgan fingerprint density at radius 3 is 2.47 bits per heavy atom. The van der Waals surface area contributed by atoms with Gasteiger partial charge in [0.2, 0.25) is 5.95 Å². The standard InChI is InChI=1S/C13H22N4O2/c1-3-10-11(4-2)16-17-13(15-10)14-9-7-5-6-8-12(18)19/h3-9H2,1-2H3,(H,18,19)(H,14,15,17). The number of nitrogens with zero attached hydrogens (tertiary/aromatic N) is 3. The van der Waals surface area contributed by atoms with Gasteiger partial charge in [0.1, 0.15) is 0 Å². The Morgan fingerprint density at radius 1 is 1.11 bits per heavy atom. The van der Waals surface area contributed by atoms with Crippen molar-refractivity contribution in [2.75, 3.05) is 11.9 Å². The quantitative estimate of drug-likeness (QED) is 0.665.